The number of nitrogens with zero attached hydrogens (tertiary/aromatic N) is 3. The Bertz CT molecular complexity index is 689. The Morgan fingerprint density at radius 2 is 1.91 bits per heavy atom. The van der Waals surface area contributed by atoms with Gasteiger partial charge in [0, 0.05) is 12.1 Å². The first kappa shape index (κ1) is 15.7. The van der Waals surface area contributed by atoms with Crippen LogP contribution < -0.4 is 5.32 Å². The fourth-order valence-electron chi connectivity index (χ4n) is 2.17. The number of carbonyl (C=O) groups is 2. The average Bonchev–Trinajstić information content (AvgIpc) is 2.93. The Labute approximate surface area is 128 Å². The van der Waals surface area contributed by atoms with E-state index in [1.54, 1.807) is 24.3 Å². The van der Waals surface area contributed by atoms with E-state index in [4.69, 9.17) is 0 Å². The fraction of sp³-hybridized carbons (Fsp3) is 0.333. The summed E-state index contributed by atoms with van der Waals surface area (Å²) in [4.78, 5) is 23.0. The molecular formula is C15H18N4O3. The number of aromatic carboxylic acids is 1. The highest BCUT2D eigenvalue weighted by Crippen LogP contribution is 2.21. The molecule has 0 saturated heterocycles. The van der Waals surface area contributed by atoms with Gasteiger partial charge in [-0.25, -0.2) is 9.48 Å². The number of amides is 1. The SMILES string of the molecule is CCNC(=O)c1ccc(-n2nnc(C(=O)O)c2C(C)C)cc1. The third kappa shape index (κ3) is 2.98. The average molecular weight is 302 g/mol. The van der Waals surface area contributed by atoms with E-state index < -0.39 is 5.97 Å². The number of hydrogen-bond donors (Lipinski definition) is 2. The monoisotopic (exact) mass is 302 g/mol. The Morgan fingerprint density at radius 1 is 1.27 bits per heavy atom. The molecule has 0 fully saturated rings. The minimum absolute atomic E-state index is 0.0517. The molecule has 1 aromatic heterocycles. The molecule has 0 saturated carbocycles. The predicted molar refractivity (Wildman–Crippen MR) is 80.4 cm³/mol. The summed E-state index contributed by atoms with van der Waals surface area (Å²) >= 11 is 0. The van der Waals surface area contributed by atoms with E-state index in [1.807, 2.05) is 20.8 Å². The first-order chi connectivity index (χ1) is 10.5. The third-order valence-corrected chi connectivity index (χ3v) is 3.17. The molecule has 22 heavy (non-hydrogen) atoms. The van der Waals surface area contributed by atoms with Gasteiger partial charge < -0.3 is 10.4 Å². The second kappa shape index (κ2) is 6.38. The lowest BCUT2D eigenvalue weighted by Crippen LogP contribution is -2.22. The van der Waals surface area contributed by atoms with E-state index >= 15 is 0 Å². The quantitative estimate of drug-likeness (QED) is 0.878. The zero-order chi connectivity index (χ0) is 16.3. The number of benzene rings is 1. The van der Waals surface area contributed by atoms with E-state index in [0.717, 1.165) is 0 Å². The second-order valence-electron chi connectivity index (χ2n) is 5.10. The molecule has 0 aliphatic carbocycles. The third-order valence-electron chi connectivity index (χ3n) is 3.17. The molecule has 2 N–H and O–H groups in total. The first-order valence-corrected chi connectivity index (χ1v) is 7.03. The van der Waals surface area contributed by atoms with Crippen molar-refractivity contribution in [2.24, 2.45) is 0 Å². The number of carbonyl (C=O) groups excluding carboxylic acids is 1. The van der Waals surface area contributed by atoms with Crippen LogP contribution in [0.2, 0.25) is 0 Å². The highest BCUT2D eigenvalue weighted by Gasteiger charge is 2.22. The van der Waals surface area contributed by atoms with Crippen LogP contribution in [0.15, 0.2) is 24.3 Å². The summed E-state index contributed by atoms with van der Waals surface area (Å²) in [6.45, 7) is 6.17. The van der Waals surface area contributed by atoms with Crippen molar-refractivity contribution in [1.82, 2.24) is 20.3 Å². The standard InChI is InChI=1S/C15H18N4O3/c1-4-16-14(20)10-5-7-11(8-6-10)19-13(9(2)3)12(15(21)22)17-18-19/h5-9H,4H2,1-3H3,(H,16,20)(H,21,22). The molecule has 0 unspecified atom stereocenters. The number of hydrogen-bond acceptors (Lipinski definition) is 4. The lowest BCUT2D eigenvalue weighted by Gasteiger charge is -2.10. The number of carboxylic acid groups (broad SMARTS) is 1. The molecule has 1 aromatic carbocycles. The maximum Gasteiger partial charge on any atom is 0.358 e. The van der Waals surface area contributed by atoms with Crippen LogP contribution in [0.1, 0.15) is 53.2 Å². The first-order valence-electron chi connectivity index (χ1n) is 7.03. The second-order valence-corrected chi connectivity index (χ2v) is 5.10. The van der Waals surface area contributed by atoms with Gasteiger partial charge in [-0.05, 0) is 37.1 Å². The highest BCUT2D eigenvalue weighted by molar-refractivity contribution is 5.94. The smallest absolute Gasteiger partial charge is 0.358 e. The molecule has 0 radical (unpaired) electrons. The summed E-state index contributed by atoms with van der Waals surface area (Å²) in [5.74, 6) is -1.30. The molecule has 116 valence electrons. The van der Waals surface area contributed by atoms with Gasteiger partial charge in [0.2, 0.25) is 0 Å². The van der Waals surface area contributed by atoms with Crippen LogP contribution in [0.5, 0.6) is 0 Å². The summed E-state index contributed by atoms with van der Waals surface area (Å²) in [6.07, 6.45) is 0. The number of aromatic nitrogens is 3. The zero-order valence-electron chi connectivity index (χ0n) is 12.7. The van der Waals surface area contributed by atoms with E-state index in [2.05, 4.69) is 15.6 Å². The van der Waals surface area contributed by atoms with Crippen LogP contribution >= 0.6 is 0 Å². The number of rotatable bonds is 5. The largest absolute Gasteiger partial charge is 0.476 e. The lowest BCUT2D eigenvalue weighted by molar-refractivity contribution is 0.0688. The van der Waals surface area contributed by atoms with E-state index in [1.165, 1.54) is 4.68 Å². The van der Waals surface area contributed by atoms with Crippen molar-refractivity contribution in [3.63, 3.8) is 0 Å². The van der Waals surface area contributed by atoms with Crippen LogP contribution in [-0.4, -0.2) is 38.5 Å². The van der Waals surface area contributed by atoms with Crippen molar-refractivity contribution >= 4 is 11.9 Å². The summed E-state index contributed by atoms with van der Waals surface area (Å²) < 4.78 is 1.50. The number of nitrogens with one attached hydrogen (secondary N) is 1. The van der Waals surface area contributed by atoms with Crippen LogP contribution in [-0.2, 0) is 0 Å². The summed E-state index contributed by atoms with van der Waals surface area (Å²) in [5, 5.41) is 19.6. The van der Waals surface area contributed by atoms with Crippen molar-refractivity contribution in [2.45, 2.75) is 26.7 Å². The van der Waals surface area contributed by atoms with Crippen molar-refractivity contribution in [1.29, 1.82) is 0 Å². The summed E-state index contributed by atoms with van der Waals surface area (Å²) in [7, 11) is 0. The molecular weight excluding hydrogens is 284 g/mol. The summed E-state index contributed by atoms with van der Waals surface area (Å²) in [5.41, 5.74) is 1.67. The molecule has 1 heterocycles. The molecule has 2 aromatic rings. The van der Waals surface area contributed by atoms with Gasteiger partial charge >= 0.3 is 5.97 Å². The molecule has 0 aliphatic heterocycles. The zero-order valence-corrected chi connectivity index (χ0v) is 12.7. The maximum absolute atomic E-state index is 11.7. The van der Waals surface area contributed by atoms with Gasteiger partial charge in [0.05, 0.1) is 11.4 Å². The number of carboxylic acids is 1. The topological polar surface area (TPSA) is 97.1 Å². The van der Waals surface area contributed by atoms with Gasteiger partial charge in [0.1, 0.15) is 0 Å². The molecule has 7 heteroatoms. The molecule has 2 rings (SSSR count). The van der Waals surface area contributed by atoms with Crippen LogP contribution in [0, 0.1) is 0 Å². The Balaban J connectivity index is 2.40. The van der Waals surface area contributed by atoms with Crippen LogP contribution in [0.4, 0.5) is 0 Å². The van der Waals surface area contributed by atoms with Crippen molar-refractivity contribution < 1.29 is 14.7 Å². The Kier molecular flexibility index (Phi) is 4.55. The Morgan fingerprint density at radius 3 is 2.41 bits per heavy atom. The lowest BCUT2D eigenvalue weighted by atomic mass is 10.1. The maximum atomic E-state index is 11.7. The highest BCUT2D eigenvalue weighted by atomic mass is 16.4. The van der Waals surface area contributed by atoms with E-state index in [9.17, 15) is 14.7 Å². The van der Waals surface area contributed by atoms with Crippen molar-refractivity contribution in [3.8, 4) is 5.69 Å². The molecule has 0 spiro atoms. The summed E-state index contributed by atoms with van der Waals surface area (Å²) in [6, 6.07) is 6.78. The minimum atomic E-state index is -1.10. The van der Waals surface area contributed by atoms with Crippen molar-refractivity contribution in [3.05, 3.63) is 41.2 Å². The van der Waals surface area contributed by atoms with Crippen molar-refractivity contribution in [2.75, 3.05) is 6.54 Å². The van der Waals surface area contributed by atoms with Gasteiger partial charge in [-0.1, -0.05) is 19.1 Å². The van der Waals surface area contributed by atoms with Gasteiger partial charge in [-0.2, -0.15) is 0 Å². The normalized spacial score (nSPS) is 10.7. The predicted octanol–water partition coefficient (Wildman–Crippen LogP) is 1.84. The molecule has 0 bridgehead atoms. The molecule has 0 aliphatic rings. The molecule has 0 atom stereocenters. The molecule has 1 amide bonds. The van der Waals surface area contributed by atoms with Crippen LogP contribution in [0.3, 0.4) is 0 Å². The van der Waals surface area contributed by atoms with E-state index in [-0.39, 0.29) is 17.5 Å². The molecule has 7 nitrogen and oxygen atoms in total. The fourth-order valence-corrected chi connectivity index (χ4v) is 2.17. The van der Waals surface area contributed by atoms with Gasteiger partial charge in [-0.3, -0.25) is 4.79 Å². The van der Waals surface area contributed by atoms with Gasteiger partial charge in [-0.15, -0.1) is 5.10 Å². The van der Waals surface area contributed by atoms with Crippen LogP contribution in [0.25, 0.3) is 5.69 Å². The Hall–Kier alpha value is -2.70. The van der Waals surface area contributed by atoms with Gasteiger partial charge in [0.15, 0.2) is 5.69 Å². The van der Waals surface area contributed by atoms with E-state index in [0.29, 0.717) is 23.5 Å². The van der Waals surface area contributed by atoms with Gasteiger partial charge in [0.25, 0.3) is 5.91 Å². The minimum Gasteiger partial charge on any atom is -0.476 e.